The Balaban J connectivity index is 2.06. The van der Waals surface area contributed by atoms with E-state index in [9.17, 15) is 4.79 Å². The Kier molecular flexibility index (Phi) is 7.27. The van der Waals surface area contributed by atoms with Crippen molar-refractivity contribution in [2.75, 3.05) is 44.4 Å². The van der Waals surface area contributed by atoms with Crippen molar-refractivity contribution in [1.82, 2.24) is 30.2 Å². The van der Waals surface area contributed by atoms with Gasteiger partial charge in [-0.2, -0.15) is 15.0 Å². The van der Waals surface area contributed by atoms with E-state index >= 15 is 0 Å². The maximum absolute atomic E-state index is 11.9. The first-order valence-corrected chi connectivity index (χ1v) is 8.66. The zero-order valence-electron chi connectivity index (χ0n) is 15.7. The van der Waals surface area contributed by atoms with Gasteiger partial charge in [-0.1, -0.05) is 13.8 Å². The molecule has 2 aromatic heterocycles. The van der Waals surface area contributed by atoms with E-state index in [4.69, 9.17) is 4.42 Å². The van der Waals surface area contributed by atoms with Crippen molar-refractivity contribution >= 4 is 23.8 Å². The minimum Gasteiger partial charge on any atom is -0.418 e. The molecule has 0 bridgehead atoms. The summed E-state index contributed by atoms with van der Waals surface area (Å²) in [5.74, 6) is 1.26. The van der Waals surface area contributed by atoms with Crippen LogP contribution in [0.4, 0.5) is 17.9 Å². The summed E-state index contributed by atoms with van der Waals surface area (Å²) in [7, 11) is 3.99. The van der Waals surface area contributed by atoms with Gasteiger partial charge in [-0.15, -0.1) is 0 Å². The highest BCUT2D eigenvalue weighted by Gasteiger charge is 2.13. The van der Waals surface area contributed by atoms with E-state index in [1.165, 1.54) is 6.20 Å². The number of rotatable bonds is 10. The lowest BCUT2D eigenvalue weighted by atomic mass is 10.4. The van der Waals surface area contributed by atoms with Crippen molar-refractivity contribution in [3.8, 4) is 0 Å². The number of nitrogens with zero attached hydrogens (tertiary/aromatic N) is 5. The lowest BCUT2D eigenvalue weighted by Gasteiger charge is -2.11. The second-order valence-corrected chi connectivity index (χ2v) is 5.89. The highest BCUT2D eigenvalue weighted by molar-refractivity contribution is 5.91. The number of hydrogen-bond acceptors (Lipinski definition) is 9. The van der Waals surface area contributed by atoms with Crippen LogP contribution in [-0.2, 0) is 6.42 Å². The lowest BCUT2D eigenvalue weighted by Crippen LogP contribution is -2.23. The fraction of sp³-hybridized carbons (Fsp3) is 0.562. The van der Waals surface area contributed by atoms with Crippen molar-refractivity contribution in [1.29, 1.82) is 0 Å². The van der Waals surface area contributed by atoms with E-state index in [1.807, 2.05) is 27.9 Å². The predicted octanol–water partition coefficient (Wildman–Crippen LogP) is 1.28. The number of hydrogen-bond donors (Lipinski definition) is 3. The van der Waals surface area contributed by atoms with Crippen LogP contribution in [0, 0.1) is 0 Å². The van der Waals surface area contributed by atoms with Crippen molar-refractivity contribution < 1.29 is 9.21 Å². The minimum absolute atomic E-state index is 0.134. The fourth-order valence-corrected chi connectivity index (χ4v) is 1.96. The van der Waals surface area contributed by atoms with Gasteiger partial charge in [-0.3, -0.25) is 10.1 Å². The maximum atomic E-state index is 11.9. The molecule has 10 nitrogen and oxygen atoms in total. The molecule has 2 rings (SSSR count). The zero-order valence-corrected chi connectivity index (χ0v) is 15.7. The number of nitrogens with one attached hydrogen (secondary N) is 3. The molecule has 10 heteroatoms. The number of aromatic nitrogens is 4. The second-order valence-electron chi connectivity index (χ2n) is 5.89. The minimum atomic E-state index is -0.302. The van der Waals surface area contributed by atoms with Crippen LogP contribution in [0.2, 0.25) is 0 Å². The molecule has 1 amide bonds. The molecule has 0 fully saturated rings. The SMILES string of the molecule is CCCNC(=O)c1cnc(Nc2nc(CC)nc(NCCN(C)C)n2)o1. The van der Waals surface area contributed by atoms with Gasteiger partial charge in [0.05, 0.1) is 6.20 Å². The summed E-state index contributed by atoms with van der Waals surface area (Å²) in [6.45, 7) is 6.08. The number of likely N-dealkylation sites (N-methyl/N-ethyl adjacent to an activating group) is 1. The third-order valence-corrected chi connectivity index (χ3v) is 3.32. The van der Waals surface area contributed by atoms with Crippen LogP contribution in [0.15, 0.2) is 10.6 Å². The Morgan fingerprint density at radius 3 is 2.62 bits per heavy atom. The summed E-state index contributed by atoms with van der Waals surface area (Å²) < 4.78 is 5.41. The normalized spacial score (nSPS) is 10.8. The Morgan fingerprint density at radius 1 is 1.15 bits per heavy atom. The van der Waals surface area contributed by atoms with E-state index in [0.29, 0.717) is 37.2 Å². The molecule has 0 aliphatic heterocycles. The van der Waals surface area contributed by atoms with Gasteiger partial charge in [0, 0.05) is 26.1 Å². The summed E-state index contributed by atoms with van der Waals surface area (Å²) in [5.41, 5.74) is 0. The summed E-state index contributed by atoms with van der Waals surface area (Å²) >= 11 is 0. The van der Waals surface area contributed by atoms with Crippen LogP contribution in [0.3, 0.4) is 0 Å². The van der Waals surface area contributed by atoms with Gasteiger partial charge in [0.1, 0.15) is 5.82 Å². The van der Waals surface area contributed by atoms with Crippen LogP contribution < -0.4 is 16.0 Å². The third kappa shape index (κ3) is 5.96. The molecule has 0 aliphatic rings. The van der Waals surface area contributed by atoms with E-state index in [0.717, 1.165) is 13.0 Å². The summed E-state index contributed by atoms with van der Waals surface area (Å²) in [5, 5.41) is 8.77. The van der Waals surface area contributed by atoms with Crippen molar-refractivity contribution in [2.24, 2.45) is 0 Å². The standard InChI is InChI=1S/C16H26N8O2/c1-5-7-17-13(25)11-10-19-16(26-11)23-15-21-12(6-2)20-14(22-15)18-8-9-24(3)4/h10H,5-9H2,1-4H3,(H,17,25)(H2,18,19,20,21,22,23). The van der Waals surface area contributed by atoms with Gasteiger partial charge in [0.15, 0.2) is 0 Å². The van der Waals surface area contributed by atoms with E-state index in [-0.39, 0.29) is 17.7 Å². The molecule has 2 heterocycles. The number of anilines is 3. The van der Waals surface area contributed by atoms with E-state index < -0.39 is 0 Å². The van der Waals surface area contributed by atoms with Gasteiger partial charge in [0.25, 0.3) is 5.91 Å². The molecule has 0 unspecified atom stereocenters. The molecule has 2 aromatic rings. The molecule has 0 aromatic carbocycles. The van der Waals surface area contributed by atoms with Gasteiger partial charge in [-0.05, 0) is 20.5 Å². The monoisotopic (exact) mass is 362 g/mol. The van der Waals surface area contributed by atoms with Crippen LogP contribution >= 0.6 is 0 Å². The number of carbonyl (C=O) groups is 1. The molecule has 0 spiro atoms. The molecule has 0 atom stereocenters. The molecule has 0 saturated heterocycles. The summed E-state index contributed by atoms with van der Waals surface area (Å²) in [6.07, 6.45) is 2.88. The average Bonchev–Trinajstić information content (AvgIpc) is 3.07. The highest BCUT2D eigenvalue weighted by atomic mass is 16.4. The van der Waals surface area contributed by atoms with Crippen molar-refractivity contribution in [3.63, 3.8) is 0 Å². The van der Waals surface area contributed by atoms with Crippen LogP contribution in [-0.4, -0.2) is 64.5 Å². The van der Waals surface area contributed by atoms with Crippen LogP contribution in [0.5, 0.6) is 0 Å². The average molecular weight is 362 g/mol. The topological polar surface area (TPSA) is 121 Å². The molecule has 3 N–H and O–H groups in total. The van der Waals surface area contributed by atoms with Crippen molar-refractivity contribution in [2.45, 2.75) is 26.7 Å². The lowest BCUT2D eigenvalue weighted by molar-refractivity contribution is 0.0927. The molecule has 26 heavy (non-hydrogen) atoms. The number of aryl methyl sites for hydroxylation is 1. The first kappa shape index (κ1) is 19.6. The summed E-state index contributed by atoms with van der Waals surface area (Å²) in [4.78, 5) is 30.9. The molecule has 0 saturated carbocycles. The van der Waals surface area contributed by atoms with Gasteiger partial charge < -0.3 is 20.0 Å². The Morgan fingerprint density at radius 2 is 1.92 bits per heavy atom. The smallest absolute Gasteiger partial charge is 0.302 e. The first-order valence-electron chi connectivity index (χ1n) is 8.66. The molecule has 0 radical (unpaired) electrons. The van der Waals surface area contributed by atoms with Crippen molar-refractivity contribution in [3.05, 3.63) is 17.8 Å². The van der Waals surface area contributed by atoms with Gasteiger partial charge in [0.2, 0.25) is 17.7 Å². The van der Waals surface area contributed by atoms with Crippen LogP contribution in [0.1, 0.15) is 36.6 Å². The summed E-state index contributed by atoms with van der Waals surface area (Å²) in [6, 6.07) is 0.152. The second kappa shape index (κ2) is 9.66. The number of oxazole rings is 1. The number of amides is 1. The van der Waals surface area contributed by atoms with Crippen LogP contribution in [0.25, 0.3) is 0 Å². The first-order chi connectivity index (χ1) is 12.5. The largest absolute Gasteiger partial charge is 0.418 e. The maximum Gasteiger partial charge on any atom is 0.302 e. The Bertz CT molecular complexity index is 716. The molecular formula is C16H26N8O2. The van der Waals surface area contributed by atoms with Gasteiger partial charge >= 0.3 is 6.01 Å². The third-order valence-electron chi connectivity index (χ3n) is 3.32. The van der Waals surface area contributed by atoms with E-state index in [1.54, 1.807) is 0 Å². The number of carbonyl (C=O) groups excluding carboxylic acids is 1. The molecule has 0 aliphatic carbocycles. The van der Waals surface area contributed by atoms with E-state index in [2.05, 4.69) is 40.8 Å². The molecular weight excluding hydrogens is 336 g/mol. The zero-order chi connectivity index (χ0) is 18.9. The Labute approximate surface area is 152 Å². The highest BCUT2D eigenvalue weighted by Crippen LogP contribution is 2.15. The molecule has 142 valence electrons. The van der Waals surface area contributed by atoms with Gasteiger partial charge in [-0.25, -0.2) is 4.98 Å². The Hall–Kier alpha value is -2.75. The quantitative estimate of drug-likeness (QED) is 0.574. The predicted molar refractivity (Wildman–Crippen MR) is 98.7 cm³/mol. The fourth-order valence-electron chi connectivity index (χ4n) is 1.96.